The molecule has 5 atom stereocenters. The highest BCUT2D eigenvalue weighted by atomic mass is 31.2. The van der Waals surface area contributed by atoms with E-state index in [1.54, 1.807) is 0 Å². The molecule has 0 heterocycles. The van der Waals surface area contributed by atoms with Crippen molar-refractivity contribution in [1.29, 1.82) is 0 Å². The Bertz CT molecular complexity index is 1700. The van der Waals surface area contributed by atoms with Gasteiger partial charge in [-0.25, -0.2) is 9.13 Å². The molecule has 0 radical (unpaired) electrons. The van der Waals surface area contributed by atoms with Crippen molar-refractivity contribution in [3.05, 3.63) is 0 Å². The molecular formula is C67H130O17P2. The van der Waals surface area contributed by atoms with Gasteiger partial charge in [-0.15, -0.1) is 0 Å². The van der Waals surface area contributed by atoms with Crippen LogP contribution < -0.4 is 0 Å². The Morgan fingerprint density at radius 1 is 0.314 bits per heavy atom. The van der Waals surface area contributed by atoms with Crippen LogP contribution in [0.1, 0.15) is 331 Å². The third kappa shape index (κ3) is 60.9. The number of rotatable bonds is 65. The first-order valence-electron chi connectivity index (χ1n) is 34.8. The Labute approximate surface area is 524 Å². The van der Waals surface area contributed by atoms with Crippen LogP contribution in [-0.4, -0.2) is 96.7 Å². The van der Waals surface area contributed by atoms with Gasteiger partial charge in [0.1, 0.15) is 19.3 Å². The number of carbonyl (C=O) groups excluding carboxylic acids is 4. The highest BCUT2D eigenvalue weighted by Gasteiger charge is 2.30. The van der Waals surface area contributed by atoms with Gasteiger partial charge in [-0.05, 0) is 43.4 Å². The summed E-state index contributed by atoms with van der Waals surface area (Å²) in [6.07, 6.45) is 40.3. The van der Waals surface area contributed by atoms with Crippen molar-refractivity contribution in [3.8, 4) is 0 Å². The Hall–Kier alpha value is -1.94. The average molecular weight is 1270 g/mol. The van der Waals surface area contributed by atoms with E-state index in [9.17, 15) is 43.2 Å². The molecule has 19 heteroatoms. The Balaban J connectivity index is 5.25. The fourth-order valence-corrected chi connectivity index (χ4v) is 11.6. The molecule has 0 spiro atoms. The Kier molecular flexibility index (Phi) is 56.9. The summed E-state index contributed by atoms with van der Waals surface area (Å²) < 4.78 is 68.1. The van der Waals surface area contributed by atoms with Crippen LogP contribution in [0.3, 0.4) is 0 Å². The van der Waals surface area contributed by atoms with Gasteiger partial charge < -0.3 is 33.8 Å². The summed E-state index contributed by atoms with van der Waals surface area (Å²) in [6.45, 7) is 11.8. The van der Waals surface area contributed by atoms with Gasteiger partial charge in [0.25, 0.3) is 0 Å². The van der Waals surface area contributed by atoms with Gasteiger partial charge in [0.15, 0.2) is 12.2 Å². The molecule has 0 saturated heterocycles. The number of esters is 4. The molecular weight excluding hydrogens is 1140 g/mol. The van der Waals surface area contributed by atoms with Crippen LogP contribution in [0.25, 0.3) is 0 Å². The van der Waals surface area contributed by atoms with Crippen molar-refractivity contribution in [2.45, 2.75) is 349 Å². The zero-order valence-electron chi connectivity index (χ0n) is 55.8. The third-order valence-electron chi connectivity index (χ3n) is 15.4. The Morgan fingerprint density at radius 2 is 0.535 bits per heavy atom. The highest BCUT2D eigenvalue weighted by molar-refractivity contribution is 7.47. The van der Waals surface area contributed by atoms with Crippen LogP contribution in [0.4, 0.5) is 0 Å². The molecule has 0 fully saturated rings. The lowest BCUT2D eigenvalue weighted by Gasteiger charge is -2.21. The maximum Gasteiger partial charge on any atom is 0.472 e. The summed E-state index contributed by atoms with van der Waals surface area (Å²) in [6, 6.07) is 0. The molecule has 0 aromatic heterocycles. The summed E-state index contributed by atoms with van der Waals surface area (Å²) in [7, 11) is -9.89. The summed E-state index contributed by atoms with van der Waals surface area (Å²) in [5, 5.41) is 10.6. The van der Waals surface area contributed by atoms with Crippen molar-refractivity contribution in [2.75, 3.05) is 39.6 Å². The van der Waals surface area contributed by atoms with E-state index in [0.717, 1.165) is 108 Å². The third-order valence-corrected chi connectivity index (χ3v) is 17.3. The summed E-state index contributed by atoms with van der Waals surface area (Å²) in [5.74, 6) is 0.100. The molecule has 0 aromatic rings. The minimum atomic E-state index is -4.95. The highest BCUT2D eigenvalue weighted by Crippen LogP contribution is 2.45. The second-order valence-corrected chi connectivity index (χ2v) is 28.5. The zero-order valence-corrected chi connectivity index (χ0v) is 57.6. The molecule has 17 nitrogen and oxygen atoms in total. The lowest BCUT2D eigenvalue weighted by molar-refractivity contribution is -0.161. The fraction of sp³-hybridized carbons (Fsp3) is 0.940. The van der Waals surface area contributed by atoms with Crippen LogP contribution >= 0.6 is 15.6 Å². The molecule has 0 aromatic carbocycles. The molecule has 0 aliphatic heterocycles. The second-order valence-electron chi connectivity index (χ2n) is 25.6. The predicted octanol–water partition coefficient (Wildman–Crippen LogP) is 18.7. The monoisotopic (exact) mass is 1270 g/mol. The van der Waals surface area contributed by atoms with Gasteiger partial charge in [-0.3, -0.25) is 37.3 Å². The number of hydrogen-bond acceptors (Lipinski definition) is 15. The molecule has 510 valence electrons. The molecule has 2 unspecified atom stereocenters. The van der Waals surface area contributed by atoms with E-state index in [4.69, 9.17) is 37.0 Å². The van der Waals surface area contributed by atoms with Gasteiger partial charge in [0, 0.05) is 25.7 Å². The van der Waals surface area contributed by atoms with Gasteiger partial charge in [0.2, 0.25) is 0 Å². The SMILES string of the molecule is CCCCCCCCCCCC(=O)OC[C@H](COP(=O)(O)OC[C@H](O)COP(=O)(O)OC[C@@H](COC(=O)CCCCCCCCCCCC(C)C)OC(=O)CCCCCCCCCCCCC(C)C)OC(=O)CCCCCCCCCCCC(C)C. The number of hydrogen-bond donors (Lipinski definition) is 3. The van der Waals surface area contributed by atoms with Gasteiger partial charge in [-0.1, -0.05) is 280 Å². The Morgan fingerprint density at radius 3 is 0.791 bits per heavy atom. The lowest BCUT2D eigenvalue weighted by Crippen LogP contribution is -2.30. The van der Waals surface area contributed by atoms with Crippen molar-refractivity contribution in [3.63, 3.8) is 0 Å². The van der Waals surface area contributed by atoms with Crippen LogP contribution in [0.2, 0.25) is 0 Å². The minimum Gasteiger partial charge on any atom is -0.462 e. The largest absolute Gasteiger partial charge is 0.472 e. The molecule has 0 rings (SSSR count). The molecule has 0 amide bonds. The number of ether oxygens (including phenoxy) is 4. The molecule has 86 heavy (non-hydrogen) atoms. The van der Waals surface area contributed by atoms with Crippen molar-refractivity contribution in [2.24, 2.45) is 17.8 Å². The van der Waals surface area contributed by atoms with Crippen molar-refractivity contribution >= 4 is 39.5 Å². The first-order valence-corrected chi connectivity index (χ1v) is 37.8. The van der Waals surface area contributed by atoms with E-state index in [1.165, 1.54) is 141 Å². The summed E-state index contributed by atoms with van der Waals surface area (Å²) in [5.41, 5.74) is 0. The summed E-state index contributed by atoms with van der Waals surface area (Å²) in [4.78, 5) is 72.4. The quantitative estimate of drug-likeness (QED) is 0.0222. The molecule has 3 N–H and O–H groups in total. The number of unbranched alkanes of at least 4 members (excludes halogenated alkanes) is 33. The van der Waals surface area contributed by atoms with Gasteiger partial charge >= 0.3 is 39.5 Å². The summed E-state index contributed by atoms with van der Waals surface area (Å²) >= 11 is 0. The maximum atomic E-state index is 13.0. The number of carbonyl (C=O) groups is 4. The van der Waals surface area contributed by atoms with E-state index < -0.39 is 97.5 Å². The first-order chi connectivity index (χ1) is 41.2. The van der Waals surface area contributed by atoms with Gasteiger partial charge in [-0.2, -0.15) is 0 Å². The smallest absolute Gasteiger partial charge is 0.462 e. The van der Waals surface area contributed by atoms with Crippen LogP contribution in [0.5, 0.6) is 0 Å². The minimum absolute atomic E-state index is 0.105. The number of phosphoric acid groups is 2. The van der Waals surface area contributed by atoms with E-state index in [2.05, 4.69) is 48.5 Å². The van der Waals surface area contributed by atoms with E-state index in [1.807, 2.05) is 0 Å². The molecule has 0 aliphatic carbocycles. The normalized spacial score (nSPS) is 14.3. The van der Waals surface area contributed by atoms with E-state index in [0.29, 0.717) is 25.7 Å². The zero-order chi connectivity index (χ0) is 63.8. The van der Waals surface area contributed by atoms with E-state index >= 15 is 0 Å². The fourth-order valence-electron chi connectivity index (χ4n) is 10.0. The van der Waals surface area contributed by atoms with Crippen LogP contribution in [-0.2, 0) is 65.4 Å². The second kappa shape index (κ2) is 58.2. The standard InChI is InChI=1S/C67H130O17P2/c1-8-9-10-11-12-17-27-34-41-48-64(69)77-54-62(84-67(72)51-44-37-30-23-16-20-26-33-40-47-60(6)7)56-81-85(73,74)79-52-61(68)53-80-86(75,76)82-57-63(55-78-65(70)49-42-35-28-22-15-19-25-32-39-46-59(4)5)83-66(71)50-43-36-29-21-14-13-18-24-31-38-45-58(2)3/h58-63,68H,8-57H2,1-7H3,(H,73,74)(H,75,76)/t61-,62+,63+/m0/s1. The number of aliphatic hydroxyl groups excluding tert-OH is 1. The van der Waals surface area contributed by atoms with Crippen molar-refractivity contribution < 1.29 is 80.2 Å². The van der Waals surface area contributed by atoms with E-state index in [-0.39, 0.29) is 25.7 Å². The number of aliphatic hydroxyl groups is 1. The first kappa shape index (κ1) is 84.1. The number of phosphoric ester groups is 2. The predicted molar refractivity (Wildman–Crippen MR) is 344 cm³/mol. The average Bonchev–Trinajstić information content (AvgIpc) is 3.57. The van der Waals surface area contributed by atoms with Gasteiger partial charge in [0.05, 0.1) is 26.4 Å². The molecule has 0 aliphatic rings. The molecule has 0 bridgehead atoms. The van der Waals surface area contributed by atoms with Crippen molar-refractivity contribution in [1.82, 2.24) is 0 Å². The maximum absolute atomic E-state index is 13.0. The molecule has 0 saturated carbocycles. The van der Waals surface area contributed by atoms with Crippen LogP contribution in [0.15, 0.2) is 0 Å². The van der Waals surface area contributed by atoms with Crippen LogP contribution in [0, 0.1) is 17.8 Å². The lowest BCUT2D eigenvalue weighted by atomic mass is 10.0. The topological polar surface area (TPSA) is 237 Å².